The Morgan fingerprint density at radius 1 is 1.10 bits per heavy atom. The van der Waals surface area contributed by atoms with Crippen molar-refractivity contribution in [1.82, 2.24) is 10.2 Å². The van der Waals surface area contributed by atoms with Gasteiger partial charge in [0, 0.05) is 5.56 Å². The van der Waals surface area contributed by atoms with E-state index in [0.717, 1.165) is 0 Å². The molecule has 0 spiro atoms. The van der Waals surface area contributed by atoms with Crippen molar-refractivity contribution in [2.45, 2.75) is 6.18 Å². The van der Waals surface area contributed by atoms with Crippen LogP contribution in [0.25, 0.3) is 11.3 Å². The highest BCUT2D eigenvalue weighted by Crippen LogP contribution is 2.29. The molecule has 1 aromatic heterocycles. The number of nitrogens with one attached hydrogen (secondary N) is 1. The van der Waals surface area contributed by atoms with Gasteiger partial charge in [-0.05, 0) is 12.1 Å². The largest absolute Gasteiger partial charge is 0.434 e. The SMILES string of the molecule is N#Cc1ccc(-c2n[nH]c(C(F)(F)F)c(C#N)c2=O)cc1. The number of hydrogen-bond acceptors (Lipinski definition) is 4. The normalized spacial score (nSPS) is 10.7. The standard InChI is InChI=1S/C13H5F3N4O/c14-13(15,16)12-9(6-18)11(21)10(19-20-12)8-3-1-7(5-17)2-4-8/h1-4H,(H,20,21). The molecule has 0 radical (unpaired) electrons. The molecule has 0 saturated carbocycles. The van der Waals surface area contributed by atoms with Gasteiger partial charge in [0.2, 0.25) is 5.43 Å². The van der Waals surface area contributed by atoms with Gasteiger partial charge in [-0.3, -0.25) is 9.89 Å². The lowest BCUT2D eigenvalue weighted by molar-refractivity contribution is -0.142. The third-order valence-electron chi connectivity index (χ3n) is 2.65. The summed E-state index contributed by atoms with van der Waals surface area (Å²) >= 11 is 0. The number of rotatable bonds is 1. The van der Waals surface area contributed by atoms with Crippen LogP contribution in [0, 0.1) is 22.7 Å². The van der Waals surface area contributed by atoms with Gasteiger partial charge in [0.25, 0.3) is 0 Å². The molecule has 0 aliphatic heterocycles. The van der Waals surface area contributed by atoms with E-state index in [1.54, 1.807) is 5.10 Å². The van der Waals surface area contributed by atoms with Crippen molar-refractivity contribution in [2.75, 3.05) is 0 Å². The van der Waals surface area contributed by atoms with Crippen LogP contribution in [0.1, 0.15) is 16.8 Å². The molecular formula is C13H5F3N4O. The first-order chi connectivity index (χ1) is 9.88. The van der Waals surface area contributed by atoms with Gasteiger partial charge in [0.15, 0.2) is 5.69 Å². The summed E-state index contributed by atoms with van der Waals surface area (Å²) < 4.78 is 38.0. The number of alkyl halides is 3. The highest BCUT2D eigenvalue weighted by molar-refractivity contribution is 5.61. The maximum absolute atomic E-state index is 12.7. The summed E-state index contributed by atoms with van der Waals surface area (Å²) in [5.41, 5.74) is -3.43. The zero-order valence-corrected chi connectivity index (χ0v) is 10.2. The number of hydrogen-bond donors (Lipinski definition) is 1. The minimum Gasteiger partial charge on any atom is -0.286 e. The number of aromatic amines is 1. The fraction of sp³-hybridized carbons (Fsp3) is 0.0769. The van der Waals surface area contributed by atoms with Gasteiger partial charge in [-0.15, -0.1) is 0 Å². The van der Waals surface area contributed by atoms with Gasteiger partial charge in [0.1, 0.15) is 17.3 Å². The van der Waals surface area contributed by atoms with Crippen LogP contribution in [-0.2, 0) is 6.18 Å². The van der Waals surface area contributed by atoms with Crippen LogP contribution < -0.4 is 5.43 Å². The van der Waals surface area contributed by atoms with E-state index in [1.165, 1.54) is 30.3 Å². The predicted molar refractivity (Wildman–Crippen MR) is 64.7 cm³/mol. The molecule has 0 amide bonds. The van der Waals surface area contributed by atoms with Crippen LogP contribution in [0.4, 0.5) is 13.2 Å². The summed E-state index contributed by atoms with van der Waals surface area (Å²) in [7, 11) is 0. The molecule has 2 rings (SSSR count). The fourth-order valence-corrected chi connectivity index (χ4v) is 1.66. The predicted octanol–water partition coefficient (Wildman–Crippen LogP) is 2.20. The van der Waals surface area contributed by atoms with E-state index in [1.807, 2.05) is 6.07 Å². The van der Waals surface area contributed by atoms with Crippen molar-refractivity contribution in [3.63, 3.8) is 0 Å². The summed E-state index contributed by atoms with van der Waals surface area (Å²) in [6.07, 6.45) is -4.87. The Bertz CT molecular complexity index is 823. The lowest BCUT2D eigenvalue weighted by Crippen LogP contribution is -2.22. The Balaban J connectivity index is 2.65. The van der Waals surface area contributed by atoms with Crippen LogP contribution in [-0.4, -0.2) is 10.2 Å². The smallest absolute Gasteiger partial charge is 0.286 e. The number of nitriles is 2. The van der Waals surface area contributed by atoms with Gasteiger partial charge in [-0.2, -0.15) is 28.8 Å². The van der Waals surface area contributed by atoms with Crippen molar-refractivity contribution in [1.29, 1.82) is 10.5 Å². The molecule has 0 fully saturated rings. The lowest BCUT2D eigenvalue weighted by Gasteiger charge is -2.08. The van der Waals surface area contributed by atoms with Crippen LogP contribution >= 0.6 is 0 Å². The van der Waals surface area contributed by atoms with Crippen LogP contribution in [0.2, 0.25) is 0 Å². The minimum absolute atomic E-state index is 0.209. The Morgan fingerprint density at radius 3 is 2.19 bits per heavy atom. The van der Waals surface area contributed by atoms with E-state index >= 15 is 0 Å². The average molecular weight is 290 g/mol. The second kappa shape index (κ2) is 5.10. The summed E-state index contributed by atoms with van der Waals surface area (Å²) in [5.74, 6) is 0. The monoisotopic (exact) mass is 290 g/mol. The molecule has 104 valence electrons. The molecule has 1 N–H and O–H groups in total. The molecule has 0 aliphatic rings. The van der Waals surface area contributed by atoms with Crippen LogP contribution in [0.3, 0.4) is 0 Å². The van der Waals surface area contributed by atoms with Gasteiger partial charge >= 0.3 is 6.18 Å². The molecule has 0 aliphatic carbocycles. The van der Waals surface area contributed by atoms with E-state index in [9.17, 15) is 18.0 Å². The molecule has 1 aromatic carbocycles. The Hall–Kier alpha value is -3.13. The first kappa shape index (κ1) is 14.3. The zero-order valence-electron chi connectivity index (χ0n) is 10.2. The van der Waals surface area contributed by atoms with E-state index in [-0.39, 0.29) is 11.3 Å². The van der Waals surface area contributed by atoms with Gasteiger partial charge < -0.3 is 0 Å². The maximum Gasteiger partial charge on any atom is 0.434 e. The molecule has 0 unspecified atom stereocenters. The third-order valence-corrected chi connectivity index (χ3v) is 2.65. The molecular weight excluding hydrogens is 285 g/mol. The zero-order chi connectivity index (χ0) is 15.6. The topological polar surface area (TPSA) is 93.3 Å². The fourth-order valence-electron chi connectivity index (χ4n) is 1.66. The lowest BCUT2D eigenvalue weighted by atomic mass is 10.1. The average Bonchev–Trinajstić information content (AvgIpc) is 2.46. The molecule has 0 bridgehead atoms. The summed E-state index contributed by atoms with van der Waals surface area (Å²) in [5, 5.41) is 22.5. The van der Waals surface area contributed by atoms with E-state index in [4.69, 9.17) is 10.5 Å². The minimum atomic E-state index is -4.87. The van der Waals surface area contributed by atoms with E-state index < -0.39 is 22.9 Å². The molecule has 8 heteroatoms. The Morgan fingerprint density at radius 2 is 1.71 bits per heavy atom. The van der Waals surface area contributed by atoms with Gasteiger partial charge in [-0.25, -0.2) is 0 Å². The number of nitrogens with zero attached hydrogens (tertiary/aromatic N) is 3. The van der Waals surface area contributed by atoms with Crippen molar-refractivity contribution >= 4 is 0 Å². The molecule has 5 nitrogen and oxygen atoms in total. The number of aromatic nitrogens is 2. The Kier molecular flexibility index (Phi) is 3.47. The van der Waals surface area contributed by atoms with E-state index in [2.05, 4.69) is 5.10 Å². The summed E-state index contributed by atoms with van der Waals surface area (Å²) in [6.45, 7) is 0. The second-order valence-corrected chi connectivity index (χ2v) is 3.95. The first-order valence-corrected chi connectivity index (χ1v) is 5.49. The van der Waals surface area contributed by atoms with Crippen molar-refractivity contribution in [2.24, 2.45) is 0 Å². The molecule has 21 heavy (non-hydrogen) atoms. The van der Waals surface area contributed by atoms with Crippen molar-refractivity contribution in [3.05, 3.63) is 51.3 Å². The second-order valence-electron chi connectivity index (χ2n) is 3.95. The maximum atomic E-state index is 12.7. The number of H-pyrrole nitrogens is 1. The third kappa shape index (κ3) is 2.60. The molecule has 2 aromatic rings. The summed E-state index contributed by atoms with van der Waals surface area (Å²) in [4.78, 5) is 12.0. The van der Waals surface area contributed by atoms with Crippen molar-refractivity contribution in [3.8, 4) is 23.4 Å². The van der Waals surface area contributed by atoms with Crippen LogP contribution in [0.15, 0.2) is 29.1 Å². The number of benzene rings is 1. The number of halogens is 3. The molecule has 1 heterocycles. The van der Waals surface area contributed by atoms with E-state index in [0.29, 0.717) is 5.56 Å². The van der Waals surface area contributed by atoms with Crippen LogP contribution in [0.5, 0.6) is 0 Å². The highest BCUT2D eigenvalue weighted by atomic mass is 19.4. The van der Waals surface area contributed by atoms with Crippen molar-refractivity contribution < 1.29 is 13.2 Å². The summed E-state index contributed by atoms with van der Waals surface area (Å²) in [6, 6.07) is 8.62. The first-order valence-electron chi connectivity index (χ1n) is 5.49. The quantitative estimate of drug-likeness (QED) is 0.871. The molecule has 0 atom stereocenters. The highest BCUT2D eigenvalue weighted by Gasteiger charge is 2.37. The van der Waals surface area contributed by atoms with Gasteiger partial charge in [0.05, 0.1) is 11.6 Å². The molecule has 0 saturated heterocycles. The Labute approximate surface area is 115 Å². The van der Waals surface area contributed by atoms with Gasteiger partial charge in [-0.1, -0.05) is 12.1 Å².